The molecule has 2 atom stereocenters. The van der Waals surface area contributed by atoms with Gasteiger partial charge in [-0.15, -0.1) is 10.2 Å². The van der Waals surface area contributed by atoms with E-state index in [1.54, 1.807) is 0 Å². The van der Waals surface area contributed by atoms with Gasteiger partial charge in [-0.2, -0.15) is 13.2 Å². The number of alkyl halides is 4. The van der Waals surface area contributed by atoms with Gasteiger partial charge < -0.3 is 15.7 Å². The zero-order chi connectivity index (χ0) is 19.8. The largest absolute Gasteiger partial charge is 0.507 e. The highest BCUT2D eigenvalue weighted by atomic mass is 19.4. The Labute approximate surface area is 151 Å². The fourth-order valence-electron chi connectivity index (χ4n) is 2.88. The van der Waals surface area contributed by atoms with Gasteiger partial charge in [-0.1, -0.05) is 0 Å². The van der Waals surface area contributed by atoms with Gasteiger partial charge in [-0.3, -0.25) is 9.36 Å². The van der Waals surface area contributed by atoms with Crippen molar-refractivity contribution in [3.8, 4) is 17.1 Å². The topological polar surface area (TPSA) is 92.1 Å². The summed E-state index contributed by atoms with van der Waals surface area (Å²) in [5.41, 5.74) is -1.68. The minimum absolute atomic E-state index is 0.0650. The molecule has 0 radical (unpaired) electrons. The molecule has 0 unspecified atom stereocenters. The third-order valence-corrected chi connectivity index (χ3v) is 4.27. The van der Waals surface area contributed by atoms with Crippen LogP contribution in [0, 0.1) is 0 Å². The maximum absolute atomic E-state index is 13.4. The van der Waals surface area contributed by atoms with Gasteiger partial charge in [0.25, 0.3) is 5.56 Å². The van der Waals surface area contributed by atoms with Gasteiger partial charge in [0.2, 0.25) is 5.82 Å². The van der Waals surface area contributed by atoms with Crippen LogP contribution in [-0.4, -0.2) is 45.2 Å². The molecule has 1 aliphatic heterocycles. The van der Waals surface area contributed by atoms with Crippen LogP contribution in [0.15, 0.2) is 23.0 Å². The highest BCUT2D eigenvalue weighted by Gasteiger charge is 2.31. The molecule has 0 bridgehead atoms. The van der Waals surface area contributed by atoms with Crippen LogP contribution in [0.5, 0.6) is 5.75 Å². The van der Waals surface area contributed by atoms with Crippen molar-refractivity contribution >= 4 is 5.82 Å². The number of nitrogens with zero attached hydrogens (tertiary/aromatic N) is 3. The van der Waals surface area contributed by atoms with E-state index in [-0.39, 0.29) is 36.2 Å². The zero-order valence-corrected chi connectivity index (χ0v) is 14.2. The van der Waals surface area contributed by atoms with Crippen LogP contribution in [0.2, 0.25) is 0 Å². The molecule has 2 aromatic rings. The number of phenolic OH excluding ortho intramolecular Hbond substituents is 1. The number of anilines is 1. The first-order valence-corrected chi connectivity index (χ1v) is 8.12. The summed E-state index contributed by atoms with van der Waals surface area (Å²) in [5, 5.41) is 23.2. The molecule has 1 fully saturated rings. The SMILES string of the molecule is Cn1c(-c2ccc(C(F)(F)F)cc2O)nnc(N[C@H]2CNC[C@@H](F)C2)c1=O. The van der Waals surface area contributed by atoms with E-state index in [4.69, 9.17) is 0 Å². The van der Waals surface area contributed by atoms with E-state index in [0.717, 1.165) is 16.7 Å². The number of nitrogens with one attached hydrogen (secondary N) is 2. The van der Waals surface area contributed by atoms with Gasteiger partial charge in [0.1, 0.15) is 11.9 Å². The number of phenols is 1. The minimum Gasteiger partial charge on any atom is -0.507 e. The Balaban J connectivity index is 1.90. The summed E-state index contributed by atoms with van der Waals surface area (Å²) < 4.78 is 52.6. The maximum atomic E-state index is 13.4. The van der Waals surface area contributed by atoms with E-state index in [2.05, 4.69) is 20.8 Å². The summed E-state index contributed by atoms with van der Waals surface area (Å²) in [6, 6.07) is 2.01. The van der Waals surface area contributed by atoms with E-state index < -0.39 is 29.2 Å². The smallest absolute Gasteiger partial charge is 0.416 e. The average molecular weight is 387 g/mol. The molecule has 1 aliphatic rings. The molecule has 3 rings (SSSR count). The maximum Gasteiger partial charge on any atom is 0.416 e. The molecule has 1 aromatic carbocycles. The van der Waals surface area contributed by atoms with Crippen molar-refractivity contribution in [2.24, 2.45) is 7.05 Å². The second kappa shape index (κ2) is 7.14. The third kappa shape index (κ3) is 4.02. The quantitative estimate of drug-likeness (QED) is 0.694. The lowest BCUT2D eigenvalue weighted by atomic mass is 10.1. The second-order valence-corrected chi connectivity index (χ2v) is 6.30. The van der Waals surface area contributed by atoms with Gasteiger partial charge >= 0.3 is 6.18 Å². The number of halogens is 4. The third-order valence-electron chi connectivity index (χ3n) is 4.27. The molecule has 11 heteroatoms. The van der Waals surface area contributed by atoms with Crippen LogP contribution < -0.4 is 16.2 Å². The standard InChI is InChI=1S/C16H17F4N5O2/c1-25-14(11-3-2-8(4-12(11)26)16(18,19)20)24-23-13(15(25)27)22-10-5-9(17)6-21-7-10/h2-4,9-10,21,26H,5-7H2,1H3,(H,22,23)/t9-,10+/m0/s1. The summed E-state index contributed by atoms with van der Waals surface area (Å²) in [7, 11) is 1.35. The number of benzene rings is 1. The number of hydrogen-bond acceptors (Lipinski definition) is 6. The molecule has 2 heterocycles. The van der Waals surface area contributed by atoms with Crippen LogP contribution in [0.25, 0.3) is 11.4 Å². The molecular weight excluding hydrogens is 370 g/mol. The molecule has 1 aromatic heterocycles. The summed E-state index contributed by atoms with van der Waals surface area (Å²) in [4.78, 5) is 12.5. The number of aromatic hydroxyl groups is 1. The van der Waals surface area contributed by atoms with Gasteiger partial charge in [0.15, 0.2) is 5.82 Å². The summed E-state index contributed by atoms with van der Waals surface area (Å²) in [5.74, 6) is -0.873. The average Bonchev–Trinajstić information content (AvgIpc) is 2.59. The molecule has 0 spiro atoms. The summed E-state index contributed by atoms with van der Waals surface area (Å²) in [6.45, 7) is 0.695. The fourth-order valence-corrected chi connectivity index (χ4v) is 2.88. The molecular formula is C16H17F4N5O2. The molecule has 0 aliphatic carbocycles. The van der Waals surface area contributed by atoms with Crippen molar-refractivity contribution < 1.29 is 22.7 Å². The molecule has 1 saturated heterocycles. The van der Waals surface area contributed by atoms with Crippen molar-refractivity contribution in [2.45, 2.75) is 24.8 Å². The van der Waals surface area contributed by atoms with E-state index in [1.165, 1.54) is 7.05 Å². The molecule has 146 valence electrons. The van der Waals surface area contributed by atoms with E-state index in [1.807, 2.05) is 0 Å². The predicted octanol–water partition coefficient (Wildman–Crippen LogP) is 1.68. The fraction of sp³-hybridized carbons (Fsp3) is 0.438. The van der Waals surface area contributed by atoms with E-state index in [0.29, 0.717) is 12.6 Å². The van der Waals surface area contributed by atoms with Crippen molar-refractivity contribution in [1.29, 1.82) is 0 Å². The highest BCUT2D eigenvalue weighted by Crippen LogP contribution is 2.35. The zero-order valence-electron chi connectivity index (χ0n) is 14.2. The Morgan fingerprint density at radius 3 is 2.67 bits per heavy atom. The summed E-state index contributed by atoms with van der Waals surface area (Å²) in [6.07, 6.45) is -5.44. The molecule has 0 amide bonds. The van der Waals surface area contributed by atoms with Gasteiger partial charge in [0, 0.05) is 32.6 Å². The van der Waals surface area contributed by atoms with E-state index >= 15 is 0 Å². The first-order chi connectivity index (χ1) is 12.7. The Bertz CT molecular complexity index is 899. The normalized spacial score (nSPS) is 20.5. The van der Waals surface area contributed by atoms with Crippen LogP contribution in [-0.2, 0) is 13.2 Å². The molecule has 0 saturated carbocycles. The van der Waals surface area contributed by atoms with Gasteiger partial charge in [-0.25, -0.2) is 4.39 Å². The number of rotatable bonds is 3. The van der Waals surface area contributed by atoms with Crippen molar-refractivity contribution in [3.05, 3.63) is 34.1 Å². The van der Waals surface area contributed by atoms with Crippen molar-refractivity contribution in [1.82, 2.24) is 20.1 Å². The molecule has 7 nitrogen and oxygen atoms in total. The van der Waals surface area contributed by atoms with Crippen LogP contribution in [0.1, 0.15) is 12.0 Å². The monoisotopic (exact) mass is 387 g/mol. The Kier molecular flexibility index (Phi) is 5.05. The van der Waals surface area contributed by atoms with Crippen LogP contribution >= 0.6 is 0 Å². The molecule has 27 heavy (non-hydrogen) atoms. The first-order valence-electron chi connectivity index (χ1n) is 8.12. The minimum atomic E-state index is -4.61. The van der Waals surface area contributed by atoms with Crippen LogP contribution in [0.4, 0.5) is 23.4 Å². The van der Waals surface area contributed by atoms with E-state index in [9.17, 15) is 27.5 Å². The Morgan fingerprint density at radius 2 is 2.04 bits per heavy atom. The van der Waals surface area contributed by atoms with Crippen molar-refractivity contribution in [2.75, 3.05) is 18.4 Å². The van der Waals surface area contributed by atoms with Crippen LogP contribution in [0.3, 0.4) is 0 Å². The first kappa shape index (κ1) is 19.1. The lowest BCUT2D eigenvalue weighted by Crippen LogP contribution is -2.45. The number of aromatic nitrogens is 3. The van der Waals surface area contributed by atoms with Crippen molar-refractivity contribution in [3.63, 3.8) is 0 Å². The van der Waals surface area contributed by atoms with Gasteiger partial charge in [0.05, 0.1) is 11.1 Å². The number of piperidine rings is 1. The predicted molar refractivity (Wildman–Crippen MR) is 89.2 cm³/mol. The Morgan fingerprint density at radius 1 is 1.30 bits per heavy atom. The Hall–Kier alpha value is -2.69. The second-order valence-electron chi connectivity index (χ2n) is 6.30. The lowest BCUT2D eigenvalue weighted by Gasteiger charge is -2.26. The highest BCUT2D eigenvalue weighted by molar-refractivity contribution is 5.65. The summed E-state index contributed by atoms with van der Waals surface area (Å²) >= 11 is 0. The lowest BCUT2D eigenvalue weighted by molar-refractivity contribution is -0.137. The number of hydrogen-bond donors (Lipinski definition) is 3. The van der Waals surface area contributed by atoms with Gasteiger partial charge in [-0.05, 0) is 18.2 Å². The molecule has 3 N–H and O–H groups in total.